The van der Waals surface area contributed by atoms with Crippen LogP contribution in [0, 0.1) is 0 Å². The van der Waals surface area contributed by atoms with Crippen LogP contribution >= 0.6 is 0 Å². The molecule has 1 heteroatoms. The molecule has 11 heavy (non-hydrogen) atoms. The van der Waals surface area contributed by atoms with E-state index in [4.69, 9.17) is 0 Å². The fourth-order valence-electron chi connectivity index (χ4n) is 1.23. The summed E-state index contributed by atoms with van der Waals surface area (Å²) >= 11 is 1.49. The van der Waals surface area contributed by atoms with Gasteiger partial charge in [-0.25, -0.2) is 0 Å². The van der Waals surface area contributed by atoms with Crippen LogP contribution in [0.3, 0.4) is 0 Å². The Morgan fingerprint density at radius 1 is 0.818 bits per heavy atom. The summed E-state index contributed by atoms with van der Waals surface area (Å²) in [5.41, 5.74) is 0. The molecule has 0 aromatic heterocycles. The molecule has 0 saturated carbocycles. The Kier molecular flexibility index (Phi) is 1.86. The molecular formula is C10H7Sn. The van der Waals surface area contributed by atoms with E-state index < -0.39 is 0 Å². The molecule has 2 rings (SSSR count). The first-order chi connectivity index (χ1) is 5.38. The third kappa shape index (κ3) is 1.27. The van der Waals surface area contributed by atoms with Crippen LogP contribution in [0.4, 0.5) is 0 Å². The van der Waals surface area contributed by atoms with Crippen LogP contribution in [-0.2, 0) is 0 Å². The molecule has 0 heterocycles. The standard InChI is InChI=1S/C10H7.Sn/c1-2-6-10-8-4-3-7-9(10)5-1;/h1-7H;. The van der Waals surface area contributed by atoms with Crippen molar-refractivity contribution in [1.29, 1.82) is 0 Å². The van der Waals surface area contributed by atoms with Gasteiger partial charge in [-0.1, -0.05) is 0 Å². The molecule has 2 aromatic carbocycles. The van der Waals surface area contributed by atoms with Crippen LogP contribution < -0.4 is 3.58 Å². The Hall–Kier alpha value is -0.501. The first-order valence-corrected chi connectivity index (χ1v) is 5.00. The Bertz CT molecular complexity index is 374. The quantitative estimate of drug-likeness (QED) is 0.619. The summed E-state index contributed by atoms with van der Waals surface area (Å²) in [5.74, 6) is 0. The Balaban J connectivity index is 2.91. The summed E-state index contributed by atoms with van der Waals surface area (Å²) < 4.78 is 1.44. The molecule has 0 fully saturated rings. The number of fused-ring (bicyclic) bond motifs is 1. The SMILES string of the molecule is [Sn][c]1cccc2ccccc12. The predicted molar refractivity (Wildman–Crippen MR) is 49.3 cm³/mol. The molecule has 0 aliphatic rings. The second kappa shape index (κ2) is 2.86. The second-order valence-corrected chi connectivity index (χ2v) is 4.06. The molecule has 0 aliphatic carbocycles. The summed E-state index contributed by atoms with van der Waals surface area (Å²) in [5, 5.41) is 2.75. The van der Waals surface area contributed by atoms with Crippen LogP contribution in [0.1, 0.15) is 0 Å². The fraction of sp³-hybridized carbons (Fsp3) is 0. The molecule has 0 bridgehead atoms. The normalized spacial score (nSPS) is 10.3. The molecular weight excluding hydrogens is 239 g/mol. The molecule has 2 aromatic rings. The molecule has 0 nitrogen and oxygen atoms in total. The van der Waals surface area contributed by atoms with E-state index in [1.807, 2.05) is 0 Å². The van der Waals surface area contributed by atoms with Crippen molar-refractivity contribution in [3.05, 3.63) is 42.5 Å². The number of hydrogen-bond donors (Lipinski definition) is 0. The van der Waals surface area contributed by atoms with Gasteiger partial charge in [-0.2, -0.15) is 0 Å². The number of rotatable bonds is 0. The van der Waals surface area contributed by atoms with E-state index in [1.165, 1.54) is 36.9 Å². The van der Waals surface area contributed by atoms with Crippen molar-refractivity contribution in [1.82, 2.24) is 0 Å². The summed E-state index contributed by atoms with van der Waals surface area (Å²) in [4.78, 5) is 0. The molecule has 0 unspecified atom stereocenters. The van der Waals surface area contributed by atoms with Gasteiger partial charge in [-0.05, 0) is 0 Å². The van der Waals surface area contributed by atoms with Crippen molar-refractivity contribution in [3.8, 4) is 0 Å². The van der Waals surface area contributed by atoms with Gasteiger partial charge in [0, 0.05) is 0 Å². The maximum atomic E-state index is 2.18. The monoisotopic (exact) mass is 247 g/mol. The molecule has 0 spiro atoms. The molecule has 51 valence electrons. The number of benzene rings is 2. The summed E-state index contributed by atoms with van der Waals surface area (Å²) in [6.45, 7) is 0. The van der Waals surface area contributed by atoms with Gasteiger partial charge >= 0.3 is 79.3 Å². The van der Waals surface area contributed by atoms with Gasteiger partial charge in [0.2, 0.25) is 0 Å². The third-order valence-electron chi connectivity index (χ3n) is 1.79. The second-order valence-electron chi connectivity index (χ2n) is 2.53. The molecule has 3 radical (unpaired) electrons. The topological polar surface area (TPSA) is 0 Å². The van der Waals surface area contributed by atoms with Crippen LogP contribution in [0.5, 0.6) is 0 Å². The van der Waals surface area contributed by atoms with E-state index in [0.29, 0.717) is 0 Å². The third-order valence-corrected chi connectivity index (χ3v) is 3.03. The van der Waals surface area contributed by atoms with Crippen LogP contribution in [0.25, 0.3) is 10.8 Å². The minimum absolute atomic E-state index is 1.35. The van der Waals surface area contributed by atoms with Gasteiger partial charge in [0.25, 0.3) is 0 Å². The first kappa shape index (κ1) is 7.16. The molecule has 0 saturated heterocycles. The zero-order valence-corrected chi connectivity index (χ0v) is 8.90. The van der Waals surface area contributed by atoms with Gasteiger partial charge in [0.05, 0.1) is 0 Å². The van der Waals surface area contributed by atoms with Crippen LogP contribution in [0.15, 0.2) is 42.5 Å². The average Bonchev–Trinajstić information content (AvgIpc) is 2.06. The van der Waals surface area contributed by atoms with Crippen molar-refractivity contribution in [2.75, 3.05) is 0 Å². The summed E-state index contributed by atoms with van der Waals surface area (Å²) in [6, 6.07) is 15.0. The van der Waals surface area contributed by atoms with Gasteiger partial charge in [-0.3, -0.25) is 0 Å². The summed E-state index contributed by atoms with van der Waals surface area (Å²) in [7, 11) is 0. The van der Waals surface area contributed by atoms with Gasteiger partial charge in [0.15, 0.2) is 0 Å². The molecule has 0 amide bonds. The molecule has 0 atom stereocenters. The van der Waals surface area contributed by atoms with E-state index >= 15 is 0 Å². The predicted octanol–water partition coefficient (Wildman–Crippen LogP) is 1.63. The van der Waals surface area contributed by atoms with Crippen molar-refractivity contribution >= 4 is 36.9 Å². The summed E-state index contributed by atoms with van der Waals surface area (Å²) in [6.07, 6.45) is 0. The van der Waals surface area contributed by atoms with Gasteiger partial charge in [0.1, 0.15) is 0 Å². The Morgan fingerprint density at radius 2 is 1.55 bits per heavy atom. The Morgan fingerprint density at radius 3 is 2.36 bits per heavy atom. The number of hydrogen-bond acceptors (Lipinski definition) is 0. The zero-order valence-electron chi connectivity index (χ0n) is 6.04. The van der Waals surface area contributed by atoms with Gasteiger partial charge < -0.3 is 0 Å². The Labute approximate surface area is 79.3 Å². The van der Waals surface area contributed by atoms with E-state index in [9.17, 15) is 0 Å². The average molecular weight is 246 g/mol. The van der Waals surface area contributed by atoms with Crippen LogP contribution in [-0.4, -0.2) is 22.5 Å². The minimum atomic E-state index is 1.35. The fourth-order valence-corrected chi connectivity index (χ4v) is 2.15. The van der Waals surface area contributed by atoms with E-state index in [-0.39, 0.29) is 0 Å². The van der Waals surface area contributed by atoms with Crippen molar-refractivity contribution in [2.24, 2.45) is 0 Å². The van der Waals surface area contributed by atoms with E-state index in [2.05, 4.69) is 42.5 Å². The van der Waals surface area contributed by atoms with Crippen molar-refractivity contribution in [2.45, 2.75) is 0 Å². The van der Waals surface area contributed by atoms with Crippen molar-refractivity contribution in [3.63, 3.8) is 0 Å². The first-order valence-electron chi connectivity index (χ1n) is 3.57. The molecule has 0 aliphatic heterocycles. The molecule has 0 N–H and O–H groups in total. The van der Waals surface area contributed by atoms with Crippen LogP contribution in [0.2, 0.25) is 0 Å². The van der Waals surface area contributed by atoms with Crippen molar-refractivity contribution < 1.29 is 0 Å². The van der Waals surface area contributed by atoms with E-state index in [0.717, 1.165) is 0 Å². The van der Waals surface area contributed by atoms with E-state index in [1.54, 1.807) is 0 Å². The zero-order chi connectivity index (χ0) is 7.68. The maximum absolute atomic E-state index is 2.18. The van der Waals surface area contributed by atoms with Gasteiger partial charge in [-0.15, -0.1) is 0 Å².